The lowest BCUT2D eigenvalue weighted by atomic mass is 9.99. The van der Waals surface area contributed by atoms with E-state index in [1.54, 1.807) is 20.8 Å². The number of hydrogen-bond acceptors (Lipinski definition) is 5. The summed E-state index contributed by atoms with van der Waals surface area (Å²) >= 11 is 0. The van der Waals surface area contributed by atoms with E-state index in [9.17, 15) is 18.6 Å². The van der Waals surface area contributed by atoms with Crippen LogP contribution < -0.4 is 5.32 Å². The number of amides is 2. The van der Waals surface area contributed by atoms with Gasteiger partial charge in [-0.2, -0.15) is 0 Å². The third-order valence-corrected chi connectivity index (χ3v) is 4.78. The molecule has 3 atom stereocenters. The van der Waals surface area contributed by atoms with Crippen LogP contribution in [0.1, 0.15) is 41.0 Å². The Bertz CT molecular complexity index is 586. The largest absolute Gasteiger partial charge is 0.458 e. The number of rotatable bonds is 5. The first-order chi connectivity index (χ1) is 10.3. The molecular weight excluding hydrogens is 344 g/mol. The van der Waals surface area contributed by atoms with Crippen LogP contribution >= 0.6 is 10.7 Å². The Hall–Kier alpha value is -1.41. The maximum absolute atomic E-state index is 12.4. The molecule has 1 fully saturated rings. The molecule has 0 aromatic rings. The molecule has 0 bridgehead atoms. The summed E-state index contributed by atoms with van der Waals surface area (Å²) in [5.41, 5.74) is -0.473. The summed E-state index contributed by atoms with van der Waals surface area (Å²) in [6, 6.07) is -1.19. The fourth-order valence-corrected chi connectivity index (χ4v) is 3.60. The zero-order valence-electron chi connectivity index (χ0n) is 13.8. The first-order valence-corrected chi connectivity index (χ1v) is 8.87. The summed E-state index contributed by atoms with van der Waals surface area (Å²) in [4.78, 5) is 35.3. The standard InChI is InChI=1S/C14H21ClN2O5S/c1-8(2)11(12(20)22-13(4,5)6)17-10(19)7-14(17,23(15)21)16-9(3)18/h11H,1,7H2,2-6H3,(H,16,18). The lowest BCUT2D eigenvalue weighted by Crippen LogP contribution is -2.76. The van der Waals surface area contributed by atoms with Crippen molar-refractivity contribution in [2.45, 2.75) is 57.7 Å². The summed E-state index contributed by atoms with van der Waals surface area (Å²) in [5, 5.41) is 2.41. The van der Waals surface area contributed by atoms with Crippen molar-refractivity contribution in [1.82, 2.24) is 10.2 Å². The van der Waals surface area contributed by atoms with Gasteiger partial charge in [-0.05, 0) is 44.0 Å². The monoisotopic (exact) mass is 364 g/mol. The van der Waals surface area contributed by atoms with E-state index in [-0.39, 0.29) is 6.42 Å². The van der Waals surface area contributed by atoms with E-state index in [4.69, 9.17) is 15.4 Å². The van der Waals surface area contributed by atoms with Crippen molar-refractivity contribution in [3.63, 3.8) is 0 Å². The molecule has 0 aromatic heterocycles. The van der Waals surface area contributed by atoms with Gasteiger partial charge in [-0.3, -0.25) is 14.5 Å². The fraction of sp³-hybridized carbons (Fsp3) is 0.643. The van der Waals surface area contributed by atoms with E-state index in [1.165, 1.54) is 13.8 Å². The molecule has 0 radical (unpaired) electrons. The van der Waals surface area contributed by atoms with E-state index in [2.05, 4.69) is 11.9 Å². The van der Waals surface area contributed by atoms with Crippen LogP contribution in [0.2, 0.25) is 0 Å². The first-order valence-electron chi connectivity index (χ1n) is 6.89. The van der Waals surface area contributed by atoms with Crippen molar-refractivity contribution >= 4 is 38.5 Å². The molecule has 23 heavy (non-hydrogen) atoms. The molecular formula is C14H21ClN2O5S. The van der Waals surface area contributed by atoms with Crippen LogP contribution in [0.15, 0.2) is 12.2 Å². The van der Waals surface area contributed by atoms with Crippen molar-refractivity contribution in [2.75, 3.05) is 0 Å². The van der Waals surface area contributed by atoms with E-state index < -0.39 is 44.4 Å². The number of likely N-dealkylation sites (tertiary alicyclic amines) is 1. The summed E-state index contributed by atoms with van der Waals surface area (Å²) in [7, 11) is 3.58. The number of ether oxygens (including phenoxy) is 1. The molecule has 0 saturated carbocycles. The minimum atomic E-state index is -2.13. The maximum Gasteiger partial charge on any atom is 0.333 e. The van der Waals surface area contributed by atoms with Gasteiger partial charge in [-0.1, -0.05) is 6.58 Å². The normalized spacial score (nSPS) is 23.6. The second-order valence-electron chi connectivity index (χ2n) is 6.41. The maximum atomic E-state index is 12.4. The van der Waals surface area contributed by atoms with Gasteiger partial charge in [0.1, 0.15) is 5.60 Å². The molecule has 0 spiro atoms. The van der Waals surface area contributed by atoms with Crippen LogP contribution in [0.5, 0.6) is 0 Å². The summed E-state index contributed by atoms with van der Waals surface area (Å²) in [5.74, 6) is -1.73. The highest BCUT2D eigenvalue weighted by Crippen LogP contribution is 2.38. The van der Waals surface area contributed by atoms with Crippen molar-refractivity contribution in [1.29, 1.82) is 0 Å². The second kappa shape index (κ2) is 6.60. The smallest absolute Gasteiger partial charge is 0.333 e. The Morgan fingerprint density at radius 3 is 2.26 bits per heavy atom. The van der Waals surface area contributed by atoms with Crippen LogP contribution in [0.4, 0.5) is 0 Å². The molecule has 130 valence electrons. The highest BCUT2D eigenvalue weighted by Gasteiger charge is 2.61. The molecule has 3 unspecified atom stereocenters. The minimum absolute atomic E-state index is 0.269. The summed E-state index contributed by atoms with van der Waals surface area (Å²) < 4.78 is 17.3. The van der Waals surface area contributed by atoms with Gasteiger partial charge in [0, 0.05) is 6.92 Å². The Labute approximate surface area is 142 Å². The van der Waals surface area contributed by atoms with Gasteiger partial charge in [0.2, 0.25) is 16.8 Å². The lowest BCUT2D eigenvalue weighted by molar-refractivity contribution is -0.174. The zero-order chi connectivity index (χ0) is 18.2. The number of halogens is 1. The minimum Gasteiger partial charge on any atom is -0.458 e. The molecule has 0 aromatic carbocycles. The quantitative estimate of drug-likeness (QED) is 0.342. The van der Waals surface area contributed by atoms with Gasteiger partial charge < -0.3 is 10.1 Å². The van der Waals surface area contributed by atoms with Crippen molar-refractivity contribution in [3.8, 4) is 0 Å². The summed E-state index contributed by atoms with van der Waals surface area (Å²) in [6.07, 6.45) is -0.269. The van der Waals surface area contributed by atoms with Crippen molar-refractivity contribution in [3.05, 3.63) is 12.2 Å². The molecule has 1 aliphatic rings. The molecule has 1 N–H and O–H groups in total. The SMILES string of the molecule is C=C(C)C(C(=O)OC(C)(C)C)N1C(=O)CC1(NC(C)=O)S(=O)Cl. The Morgan fingerprint density at radius 1 is 1.43 bits per heavy atom. The Balaban J connectivity index is 3.25. The van der Waals surface area contributed by atoms with Gasteiger partial charge >= 0.3 is 5.97 Å². The average molecular weight is 365 g/mol. The number of carbonyl (C=O) groups excluding carboxylic acids is 3. The van der Waals surface area contributed by atoms with Gasteiger partial charge in [0.15, 0.2) is 16.1 Å². The van der Waals surface area contributed by atoms with Crippen molar-refractivity contribution < 1.29 is 23.3 Å². The number of hydrogen-bond donors (Lipinski definition) is 1. The third-order valence-electron chi connectivity index (χ3n) is 3.04. The Morgan fingerprint density at radius 2 is 1.96 bits per heavy atom. The molecule has 1 aliphatic heterocycles. The van der Waals surface area contributed by atoms with Crippen LogP contribution in [-0.4, -0.2) is 43.5 Å². The zero-order valence-corrected chi connectivity index (χ0v) is 15.3. The molecule has 7 nitrogen and oxygen atoms in total. The van der Waals surface area contributed by atoms with E-state index in [0.29, 0.717) is 5.57 Å². The van der Waals surface area contributed by atoms with Gasteiger partial charge in [0.05, 0.1) is 6.42 Å². The Kier molecular flexibility index (Phi) is 5.64. The average Bonchev–Trinajstić information content (AvgIpc) is 2.31. The molecule has 2 amide bonds. The molecule has 1 rings (SSSR count). The van der Waals surface area contributed by atoms with Crippen LogP contribution in [0, 0.1) is 0 Å². The number of nitrogens with zero attached hydrogens (tertiary/aromatic N) is 1. The van der Waals surface area contributed by atoms with E-state index in [1.807, 2.05) is 0 Å². The highest BCUT2D eigenvalue weighted by atomic mass is 35.7. The van der Waals surface area contributed by atoms with Crippen LogP contribution in [-0.2, 0) is 29.1 Å². The molecule has 0 aliphatic carbocycles. The van der Waals surface area contributed by atoms with Gasteiger partial charge in [-0.15, -0.1) is 0 Å². The lowest BCUT2D eigenvalue weighted by Gasteiger charge is -2.52. The molecule has 9 heteroatoms. The van der Waals surface area contributed by atoms with Gasteiger partial charge in [-0.25, -0.2) is 9.00 Å². The molecule has 1 heterocycles. The number of nitrogens with one attached hydrogen (secondary N) is 1. The van der Waals surface area contributed by atoms with Crippen LogP contribution in [0.25, 0.3) is 0 Å². The van der Waals surface area contributed by atoms with E-state index in [0.717, 1.165) is 4.90 Å². The fourth-order valence-electron chi connectivity index (χ4n) is 2.28. The van der Waals surface area contributed by atoms with Gasteiger partial charge in [0.25, 0.3) is 0 Å². The number of β-lactam (4-membered cyclic amide) rings is 1. The highest BCUT2D eigenvalue weighted by molar-refractivity contribution is 8.09. The predicted octanol–water partition coefficient (Wildman–Crippen LogP) is 1.20. The van der Waals surface area contributed by atoms with Crippen molar-refractivity contribution in [2.24, 2.45) is 0 Å². The first kappa shape index (κ1) is 19.6. The summed E-state index contributed by atoms with van der Waals surface area (Å²) in [6.45, 7) is 11.5. The molecule has 1 saturated heterocycles. The van der Waals surface area contributed by atoms with E-state index >= 15 is 0 Å². The van der Waals surface area contributed by atoms with Crippen LogP contribution in [0.3, 0.4) is 0 Å². The second-order valence-corrected chi connectivity index (χ2v) is 8.38. The number of esters is 1. The topological polar surface area (TPSA) is 92.8 Å². The predicted molar refractivity (Wildman–Crippen MR) is 86.5 cm³/mol. The number of carbonyl (C=O) groups is 3. The third kappa shape index (κ3) is 4.11.